The molecule has 2 fully saturated rings. The van der Waals surface area contributed by atoms with Crippen LogP contribution in [0.4, 0.5) is 0 Å². The molecule has 0 spiro atoms. The van der Waals surface area contributed by atoms with Gasteiger partial charge in [-0.05, 0) is 39.5 Å². The molecule has 0 aliphatic heterocycles. The van der Waals surface area contributed by atoms with E-state index in [2.05, 4.69) is 20.8 Å². The summed E-state index contributed by atoms with van der Waals surface area (Å²) >= 11 is 0. The molecular formula is C13H26O2Si. The summed E-state index contributed by atoms with van der Waals surface area (Å²) in [6.07, 6.45) is 8.10. The summed E-state index contributed by atoms with van der Waals surface area (Å²) in [5.41, 5.74) is 0.787. The lowest BCUT2D eigenvalue weighted by Crippen LogP contribution is -2.52. The molecule has 16 heavy (non-hydrogen) atoms. The molecule has 2 rings (SSSR count). The van der Waals surface area contributed by atoms with E-state index in [-0.39, 0.29) is 0 Å². The molecule has 0 amide bonds. The molecule has 0 radical (unpaired) electrons. The molecule has 0 aromatic heterocycles. The van der Waals surface area contributed by atoms with Gasteiger partial charge in [0.1, 0.15) is 0 Å². The van der Waals surface area contributed by atoms with Crippen molar-refractivity contribution < 1.29 is 8.85 Å². The van der Waals surface area contributed by atoms with Crippen molar-refractivity contribution in [1.29, 1.82) is 0 Å². The normalized spacial score (nSPS) is 24.9. The van der Waals surface area contributed by atoms with Gasteiger partial charge in [-0.1, -0.05) is 19.8 Å². The quantitative estimate of drug-likeness (QED) is 0.655. The molecule has 94 valence electrons. The van der Waals surface area contributed by atoms with Crippen molar-refractivity contribution in [1.82, 2.24) is 0 Å². The second-order valence-corrected chi connectivity index (χ2v) is 9.51. The van der Waals surface area contributed by atoms with Crippen LogP contribution >= 0.6 is 0 Å². The fourth-order valence-electron chi connectivity index (χ4n) is 3.51. The molecule has 2 aliphatic rings. The maximum atomic E-state index is 6.30. The van der Waals surface area contributed by atoms with Gasteiger partial charge in [0.15, 0.2) is 0 Å². The van der Waals surface area contributed by atoms with Gasteiger partial charge in [-0.25, -0.2) is 0 Å². The first-order valence-electron chi connectivity index (χ1n) is 6.96. The third kappa shape index (κ3) is 1.98. The van der Waals surface area contributed by atoms with Crippen LogP contribution in [-0.2, 0) is 8.85 Å². The monoisotopic (exact) mass is 242 g/mol. The second-order valence-electron chi connectivity index (χ2n) is 5.58. The molecule has 0 aromatic carbocycles. The Balaban J connectivity index is 2.22. The Morgan fingerprint density at radius 2 is 1.56 bits per heavy atom. The van der Waals surface area contributed by atoms with Crippen molar-refractivity contribution in [2.45, 2.75) is 69.9 Å². The smallest absolute Gasteiger partial charge is 0.347 e. The molecule has 2 aliphatic carbocycles. The molecular weight excluding hydrogens is 216 g/mol. The van der Waals surface area contributed by atoms with Gasteiger partial charge < -0.3 is 8.85 Å². The molecule has 2 saturated carbocycles. The van der Waals surface area contributed by atoms with Crippen molar-refractivity contribution in [3.05, 3.63) is 0 Å². The van der Waals surface area contributed by atoms with E-state index in [9.17, 15) is 0 Å². The van der Waals surface area contributed by atoms with Gasteiger partial charge in [0.05, 0.1) is 0 Å². The van der Waals surface area contributed by atoms with Crippen LogP contribution in [0.3, 0.4) is 0 Å². The first-order chi connectivity index (χ1) is 7.68. The molecule has 0 N–H and O–H groups in total. The Morgan fingerprint density at radius 1 is 1.06 bits per heavy atom. The summed E-state index contributed by atoms with van der Waals surface area (Å²) in [6, 6.07) is 0. The van der Waals surface area contributed by atoms with Crippen molar-refractivity contribution in [3.8, 4) is 0 Å². The van der Waals surface area contributed by atoms with Gasteiger partial charge in [-0.15, -0.1) is 0 Å². The van der Waals surface area contributed by atoms with Crippen molar-refractivity contribution >= 4 is 8.56 Å². The standard InChI is InChI=1S/C13H26O2Si/c1-4-14-16(15-5-2,12-8-9-12)13(3)10-6-7-11-13/h12H,4-11H2,1-3H3. The van der Waals surface area contributed by atoms with E-state index >= 15 is 0 Å². The van der Waals surface area contributed by atoms with Crippen LogP contribution in [0, 0.1) is 0 Å². The van der Waals surface area contributed by atoms with E-state index in [0.717, 1.165) is 18.8 Å². The van der Waals surface area contributed by atoms with E-state index in [0.29, 0.717) is 5.04 Å². The predicted octanol–water partition coefficient (Wildman–Crippen LogP) is 4.00. The van der Waals surface area contributed by atoms with Crippen molar-refractivity contribution in [3.63, 3.8) is 0 Å². The zero-order chi connectivity index (χ0) is 11.6. The predicted molar refractivity (Wildman–Crippen MR) is 68.8 cm³/mol. The topological polar surface area (TPSA) is 18.5 Å². The van der Waals surface area contributed by atoms with Crippen LogP contribution in [0.2, 0.25) is 10.6 Å². The summed E-state index contributed by atoms with van der Waals surface area (Å²) in [5, 5.41) is 0.389. The van der Waals surface area contributed by atoms with E-state index in [4.69, 9.17) is 8.85 Å². The lowest BCUT2D eigenvalue weighted by atomic mass is 10.1. The molecule has 0 saturated heterocycles. The number of rotatable bonds is 6. The largest absolute Gasteiger partial charge is 0.394 e. The summed E-state index contributed by atoms with van der Waals surface area (Å²) in [5.74, 6) is 0. The molecule has 3 heteroatoms. The van der Waals surface area contributed by atoms with E-state index in [1.165, 1.54) is 38.5 Å². The summed E-state index contributed by atoms with van der Waals surface area (Å²) in [7, 11) is -1.95. The van der Waals surface area contributed by atoms with Crippen molar-refractivity contribution in [2.24, 2.45) is 0 Å². The zero-order valence-electron chi connectivity index (χ0n) is 11.1. The molecule has 0 heterocycles. The molecule has 0 unspecified atom stereocenters. The van der Waals surface area contributed by atoms with Crippen LogP contribution in [0.25, 0.3) is 0 Å². The summed E-state index contributed by atoms with van der Waals surface area (Å²) in [4.78, 5) is 0. The minimum absolute atomic E-state index is 0.389. The molecule has 2 nitrogen and oxygen atoms in total. The highest BCUT2D eigenvalue weighted by Gasteiger charge is 2.63. The number of hydrogen-bond acceptors (Lipinski definition) is 2. The van der Waals surface area contributed by atoms with Crippen LogP contribution in [0.1, 0.15) is 59.3 Å². The van der Waals surface area contributed by atoms with Crippen LogP contribution in [-0.4, -0.2) is 21.8 Å². The van der Waals surface area contributed by atoms with Crippen LogP contribution in [0.15, 0.2) is 0 Å². The Kier molecular flexibility index (Phi) is 3.77. The number of hydrogen-bond donors (Lipinski definition) is 0. The average Bonchev–Trinajstić information content (AvgIpc) is 3.01. The fourth-order valence-corrected chi connectivity index (χ4v) is 8.59. The highest BCUT2D eigenvalue weighted by molar-refractivity contribution is 6.73. The van der Waals surface area contributed by atoms with Gasteiger partial charge in [-0.2, -0.15) is 0 Å². The molecule has 0 atom stereocenters. The Labute approximate surface area is 101 Å². The summed E-state index contributed by atoms with van der Waals surface area (Å²) in [6.45, 7) is 8.36. The third-order valence-corrected chi connectivity index (χ3v) is 9.65. The zero-order valence-corrected chi connectivity index (χ0v) is 12.1. The summed E-state index contributed by atoms with van der Waals surface area (Å²) < 4.78 is 12.6. The van der Waals surface area contributed by atoms with E-state index in [1.807, 2.05) is 0 Å². The fraction of sp³-hybridized carbons (Fsp3) is 1.00. The highest BCUT2D eigenvalue weighted by atomic mass is 28.4. The van der Waals surface area contributed by atoms with Gasteiger partial charge >= 0.3 is 8.56 Å². The molecule has 0 bridgehead atoms. The van der Waals surface area contributed by atoms with E-state index in [1.54, 1.807) is 0 Å². The first-order valence-corrected chi connectivity index (χ1v) is 8.86. The second kappa shape index (κ2) is 4.79. The van der Waals surface area contributed by atoms with Crippen LogP contribution < -0.4 is 0 Å². The van der Waals surface area contributed by atoms with Crippen LogP contribution in [0.5, 0.6) is 0 Å². The van der Waals surface area contributed by atoms with Gasteiger partial charge in [0, 0.05) is 23.8 Å². The minimum Gasteiger partial charge on any atom is -0.394 e. The highest BCUT2D eigenvalue weighted by Crippen LogP contribution is 2.62. The van der Waals surface area contributed by atoms with Gasteiger partial charge in [0.25, 0.3) is 0 Å². The molecule has 0 aromatic rings. The lowest BCUT2D eigenvalue weighted by molar-refractivity contribution is 0.152. The Morgan fingerprint density at radius 3 is 1.94 bits per heavy atom. The Hall–Kier alpha value is 0.137. The SMILES string of the molecule is CCO[Si](OCC)(C1CC1)C1(C)CCCC1. The van der Waals surface area contributed by atoms with E-state index < -0.39 is 8.56 Å². The maximum Gasteiger partial charge on any atom is 0.347 e. The minimum atomic E-state index is -1.95. The average molecular weight is 242 g/mol. The lowest BCUT2D eigenvalue weighted by Gasteiger charge is -2.43. The first kappa shape index (κ1) is 12.6. The maximum absolute atomic E-state index is 6.30. The third-order valence-electron chi connectivity index (χ3n) is 4.38. The van der Waals surface area contributed by atoms with Gasteiger partial charge in [0.2, 0.25) is 0 Å². The van der Waals surface area contributed by atoms with Gasteiger partial charge in [-0.3, -0.25) is 0 Å². The Bertz CT molecular complexity index is 226. The van der Waals surface area contributed by atoms with Crippen molar-refractivity contribution in [2.75, 3.05) is 13.2 Å².